The summed E-state index contributed by atoms with van der Waals surface area (Å²) < 4.78 is 22.4. The van der Waals surface area contributed by atoms with Crippen LogP contribution in [0.15, 0.2) is 18.2 Å². The van der Waals surface area contributed by atoms with Crippen LogP contribution in [-0.4, -0.2) is 25.7 Å². The van der Waals surface area contributed by atoms with Crippen LogP contribution in [0.3, 0.4) is 0 Å². The zero-order valence-electron chi connectivity index (χ0n) is 8.70. The summed E-state index contributed by atoms with van der Waals surface area (Å²) in [5.74, 6) is -0.485. The van der Waals surface area contributed by atoms with Gasteiger partial charge in [0.2, 0.25) is 0 Å². The average molecular weight is 281 g/mol. The molecule has 0 bridgehead atoms. The first kappa shape index (κ1) is 13.5. The summed E-state index contributed by atoms with van der Waals surface area (Å²) in [6.45, 7) is 1.35. The Morgan fingerprint density at radius 2 is 1.81 bits per heavy atom. The van der Waals surface area contributed by atoms with Crippen LogP contribution >= 0.6 is 23.2 Å². The van der Waals surface area contributed by atoms with Crippen LogP contribution in [0.4, 0.5) is 0 Å². The Morgan fingerprint density at radius 1 is 1.25 bits per heavy atom. The van der Waals surface area contributed by atoms with Crippen molar-refractivity contribution in [2.24, 2.45) is 0 Å². The maximum absolute atomic E-state index is 11.8. The Hall–Kier alpha value is -0.580. The van der Waals surface area contributed by atoms with Gasteiger partial charge in [0.15, 0.2) is 15.6 Å². The van der Waals surface area contributed by atoms with Crippen molar-refractivity contribution in [3.05, 3.63) is 33.8 Å². The summed E-state index contributed by atoms with van der Waals surface area (Å²) in [4.78, 5) is 11.8. The number of carbonyl (C=O) groups is 1. The smallest absolute Gasteiger partial charge is 0.180 e. The highest BCUT2D eigenvalue weighted by Crippen LogP contribution is 2.23. The molecule has 1 rings (SSSR count). The van der Waals surface area contributed by atoms with Crippen LogP contribution in [0, 0.1) is 0 Å². The molecule has 0 N–H and O–H groups in total. The standard InChI is InChI=1S/C10H10Cl2O3S/c1-6(16(2,14)15)10(13)7-3-4-8(11)9(12)5-7/h3-6H,1-2H3. The van der Waals surface area contributed by atoms with Gasteiger partial charge in [-0.2, -0.15) is 0 Å². The number of sulfone groups is 1. The van der Waals surface area contributed by atoms with Gasteiger partial charge in [0, 0.05) is 11.8 Å². The van der Waals surface area contributed by atoms with Gasteiger partial charge in [0.1, 0.15) is 5.25 Å². The van der Waals surface area contributed by atoms with E-state index in [1.165, 1.54) is 25.1 Å². The fourth-order valence-electron chi connectivity index (χ4n) is 1.08. The number of Topliss-reactive ketones (excluding diaryl/α,β-unsaturated/α-hetero) is 1. The third-order valence-corrected chi connectivity index (χ3v) is 4.45. The second-order valence-corrected chi connectivity index (χ2v) is 6.65. The topological polar surface area (TPSA) is 51.2 Å². The summed E-state index contributed by atoms with van der Waals surface area (Å²) in [5.41, 5.74) is 0.243. The molecule has 16 heavy (non-hydrogen) atoms. The van der Waals surface area contributed by atoms with E-state index in [1.54, 1.807) is 0 Å². The zero-order valence-corrected chi connectivity index (χ0v) is 11.0. The highest BCUT2D eigenvalue weighted by molar-refractivity contribution is 7.92. The second kappa shape index (κ2) is 4.73. The number of carbonyl (C=O) groups excluding carboxylic acids is 1. The third kappa shape index (κ3) is 2.97. The van der Waals surface area contributed by atoms with E-state index < -0.39 is 20.9 Å². The second-order valence-electron chi connectivity index (χ2n) is 3.46. The van der Waals surface area contributed by atoms with E-state index >= 15 is 0 Å². The quantitative estimate of drug-likeness (QED) is 0.800. The SMILES string of the molecule is CC(C(=O)c1ccc(Cl)c(Cl)c1)S(C)(=O)=O. The van der Waals surface area contributed by atoms with Gasteiger partial charge in [-0.25, -0.2) is 8.42 Å². The van der Waals surface area contributed by atoms with Gasteiger partial charge >= 0.3 is 0 Å². The highest BCUT2D eigenvalue weighted by atomic mass is 35.5. The normalized spacial score (nSPS) is 13.5. The molecule has 0 aliphatic heterocycles. The number of hydrogen-bond acceptors (Lipinski definition) is 3. The van der Waals surface area contributed by atoms with Gasteiger partial charge in [-0.1, -0.05) is 23.2 Å². The van der Waals surface area contributed by atoms with Gasteiger partial charge in [0.05, 0.1) is 10.0 Å². The van der Waals surface area contributed by atoms with Crippen molar-refractivity contribution in [2.45, 2.75) is 12.2 Å². The molecular weight excluding hydrogens is 271 g/mol. The first-order chi connectivity index (χ1) is 7.23. The molecule has 0 saturated carbocycles. The summed E-state index contributed by atoms with van der Waals surface area (Å²) in [6.07, 6.45) is 1.02. The minimum atomic E-state index is -3.40. The molecule has 1 aromatic carbocycles. The van der Waals surface area contributed by atoms with E-state index in [2.05, 4.69) is 0 Å². The van der Waals surface area contributed by atoms with E-state index in [4.69, 9.17) is 23.2 Å². The van der Waals surface area contributed by atoms with E-state index in [9.17, 15) is 13.2 Å². The maximum Gasteiger partial charge on any atom is 0.180 e. The molecule has 6 heteroatoms. The molecule has 0 radical (unpaired) electrons. The molecule has 0 amide bonds. The first-order valence-corrected chi connectivity index (χ1v) is 7.12. The third-order valence-electron chi connectivity index (χ3n) is 2.22. The maximum atomic E-state index is 11.8. The van der Waals surface area contributed by atoms with Crippen molar-refractivity contribution in [1.29, 1.82) is 0 Å². The van der Waals surface area contributed by atoms with Crippen molar-refractivity contribution in [3.8, 4) is 0 Å². The molecule has 0 aliphatic carbocycles. The Morgan fingerprint density at radius 3 is 2.25 bits per heavy atom. The number of rotatable bonds is 3. The van der Waals surface area contributed by atoms with Crippen molar-refractivity contribution in [3.63, 3.8) is 0 Å². The Balaban J connectivity index is 3.11. The summed E-state index contributed by atoms with van der Waals surface area (Å²) in [5, 5.41) is -0.525. The lowest BCUT2D eigenvalue weighted by Crippen LogP contribution is -2.26. The number of hydrogen-bond donors (Lipinski definition) is 0. The fraction of sp³-hybridized carbons (Fsp3) is 0.300. The molecule has 0 fully saturated rings. The Bertz CT molecular complexity index is 523. The predicted octanol–water partition coefficient (Wildman–Crippen LogP) is 2.61. The minimum Gasteiger partial charge on any atom is -0.293 e. The van der Waals surface area contributed by atoms with Crippen LogP contribution < -0.4 is 0 Å². The number of halogens is 2. The molecule has 1 atom stereocenters. The van der Waals surface area contributed by atoms with Crippen LogP contribution in [0.5, 0.6) is 0 Å². The first-order valence-electron chi connectivity index (χ1n) is 4.41. The summed E-state index contributed by atoms with van der Waals surface area (Å²) in [6, 6.07) is 4.29. The van der Waals surface area contributed by atoms with E-state index in [0.29, 0.717) is 5.02 Å². The van der Waals surface area contributed by atoms with Crippen molar-refractivity contribution < 1.29 is 13.2 Å². The van der Waals surface area contributed by atoms with E-state index in [0.717, 1.165) is 6.26 Å². The molecule has 0 heterocycles. The van der Waals surface area contributed by atoms with Crippen LogP contribution in [0.1, 0.15) is 17.3 Å². The monoisotopic (exact) mass is 280 g/mol. The van der Waals surface area contributed by atoms with Crippen molar-refractivity contribution >= 4 is 38.8 Å². The Kier molecular flexibility index (Phi) is 3.99. The fourth-order valence-corrected chi connectivity index (χ4v) is 1.90. The lowest BCUT2D eigenvalue weighted by molar-refractivity contribution is 0.0991. The molecule has 0 aromatic heterocycles. The largest absolute Gasteiger partial charge is 0.293 e. The van der Waals surface area contributed by atoms with Crippen molar-refractivity contribution in [1.82, 2.24) is 0 Å². The number of ketones is 1. The summed E-state index contributed by atoms with van der Waals surface area (Å²) >= 11 is 11.4. The molecule has 3 nitrogen and oxygen atoms in total. The predicted molar refractivity (Wildman–Crippen MR) is 65.1 cm³/mol. The molecule has 1 aromatic rings. The lowest BCUT2D eigenvalue weighted by Gasteiger charge is -2.08. The molecule has 0 spiro atoms. The van der Waals surface area contributed by atoms with E-state index in [-0.39, 0.29) is 10.6 Å². The van der Waals surface area contributed by atoms with Gasteiger partial charge < -0.3 is 0 Å². The molecular formula is C10H10Cl2O3S. The number of benzene rings is 1. The summed E-state index contributed by atoms with van der Waals surface area (Å²) in [7, 11) is -3.40. The zero-order chi connectivity index (χ0) is 12.5. The van der Waals surface area contributed by atoms with Crippen LogP contribution in [0.2, 0.25) is 10.0 Å². The average Bonchev–Trinajstić information content (AvgIpc) is 2.18. The minimum absolute atomic E-state index is 0.230. The van der Waals surface area contributed by atoms with Gasteiger partial charge in [-0.15, -0.1) is 0 Å². The Labute approximate surface area is 104 Å². The highest BCUT2D eigenvalue weighted by Gasteiger charge is 2.24. The molecule has 88 valence electrons. The van der Waals surface area contributed by atoms with Crippen molar-refractivity contribution in [2.75, 3.05) is 6.26 Å². The van der Waals surface area contributed by atoms with Crippen LogP contribution in [-0.2, 0) is 9.84 Å². The molecule has 0 saturated heterocycles. The molecule has 0 aliphatic rings. The van der Waals surface area contributed by atoms with E-state index in [1.807, 2.05) is 0 Å². The van der Waals surface area contributed by atoms with Gasteiger partial charge in [-0.05, 0) is 25.1 Å². The van der Waals surface area contributed by atoms with Gasteiger partial charge in [-0.3, -0.25) is 4.79 Å². The molecule has 1 unspecified atom stereocenters. The van der Waals surface area contributed by atoms with Crippen LogP contribution in [0.25, 0.3) is 0 Å². The van der Waals surface area contributed by atoms with Gasteiger partial charge in [0.25, 0.3) is 0 Å². The lowest BCUT2D eigenvalue weighted by atomic mass is 10.1.